The molecular formula is C34H54N8O13. The van der Waals surface area contributed by atoms with Gasteiger partial charge in [0.05, 0.1) is 25.4 Å². The number of carbonyl (C=O) groups excluding carboxylic acids is 7. The molecule has 10 N–H and O–H groups in total. The van der Waals surface area contributed by atoms with E-state index in [1.54, 1.807) is 0 Å². The maximum Gasteiger partial charge on any atom is 0.328 e. The van der Waals surface area contributed by atoms with Gasteiger partial charge < -0.3 is 66.8 Å². The van der Waals surface area contributed by atoms with Gasteiger partial charge in [-0.3, -0.25) is 33.6 Å². The number of carboxylic acids is 1. The molecule has 4 heterocycles. The molecule has 4 saturated heterocycles. The van der Waals surface area contributed by atoms with Crippen molar-refractivity contribution in [2.45, 2.75) is 126 Å². The second-order valence-corrected chi connectivity index (χ2v) is 14.6. The number of carboxylic acid groups (broad SMARTS) is 1. The first-order valence-corrected chi connectivity index (χ1v) is 18.7. The van der Waals surface area contributed by atoms with Crippen molar-refractivity contribution in [1.82, 2.24) is 35.6 Å². The van der Waals surface area contributed by atoms with Crippen molar-refractivity contribution in [1.29, 1.82) is 0 Å². The molecule has 4 rings (SSSR count). The third-order valence-electron chi connectivity index (χ3n) is 10.8. The normalized spacial score (nSPS) is 25.8. The topological polar surface area (TPSA) is 313 Å². The van der Waals surface area contributed by atoms with E-state index >= 15 is 0 Å². The highest BCUT2D eigenvalue weighted by molar-refractivity contribution is 5.98. The van der Waals surface area contributed by atoms with Crippen LogP contribution in [0.2, 0.25) is 0 Å². The minimum absolute atomic E-state index is 0.0614. The molecule has 308 valence electrons. The van der Waals surface area contributed by atoms with Gasteiger partial charge in [0, 0.05) is 26.2 Å². The Labute approximate surface area is 317 Å². The van der Waals surface area contributed by atoms with Gasteiger partial charge in [0.25, 0.3) is 0 Å². The Kier molecular flexibility index (Phi) is 14.9. The number of aliphatic carboxylic acids is 1. The van der Waals surface area contributed by atoms with E-state index in [2.05, 4.69) is 16.0 Å². The van der Waals surface area contributed by atoms with Crippen LogP contribution in [0.25, 0.3) is 0 Å². The number of nitrogens with two attached hydrogens (primary N) is 1. The van der Waals surface area contributed by atoms with Crippen LogP contribution in [0.1, 0.15) is 65.2 Å². The second-order valence-electron chi connectivity index (χ2n) is 14.6. The number of hydrogen-bond acceptors (Lipinski definition) is 13. The van der Waals surface area contributed by atoms with E-state index in [0.717, 1.165) is 9.80 Å². The minimum Gasteiger partial charge on any atom is -0.480 e. The van der Waals surface area contributed by atoms with Gasteiger partial charge in [-0.25, -0.2) is 4.79 Å². The van der Waals surface area contributed by atoms with Crippen LogP contribution < -0.4 is 21.7 Å². The molecule has 0 unspecified atom stereocenters. The number of carbonyl (C=O) groups is 8. The molecule has 0 bridgehead atoms. The molecule has 4 aliphatic rings. The van der Waals surface area contributed by atoms with Crippen LogP contribution in [-0.4, -0.2) is 192 Å². The summed E-state index contributed by atoms with van der Waals surface area (Å²) in [6.07, 6.45) is 0.0298. The first-order valence-electron chi connectivity index (χ1n) is 18.7. The van der Waals surface area contributed by atoms with Gasteiger partial charge in [-0.15, -0.1) is 0 Å². The van der Waals surface area contributed by atoms with Crippen LogP contribution >= 0.6 is 0 Å². The molecule has 0 radical (unpaired) electrons. The number of aliphatic hydroxyl groups is 4. The van der Waals surface area contributed by atoms with Gasteiger partial charge in [0.15, 0.2) is 0 Å². The van der Waals surface area contributed by atoms with Crippen LogP contribution in [0.15, 0.2) is 0 Å². The standard InChI is InChI=1S/C34H54N8O13/c1-17(45)25(35)32(52)42-14-6-10-24(42)31(51)40-12-4-9-23(40)29(49)38-26(18(2)46)33(53)41-13-5-8-22(41)27(47)36-19(15-43)30(50)39-11-3-7-21(39)28(48)37-20(16-44)34(54)55/h17-26,43-46H,3-16,35H2,1-2H3,(H,36,47)(H,37,48)(H,38,49)(H,54,55)/t17-,18+,19+,20+,21+,22+,23+,24+,25+,26+/m1/s1. The summed E-state index contributed by atoms with van der Waals surface area (Å²) in [5.74, 6) is -6.49. The van der Waals surface area contributed by atoms with Crippen molar-refractivity contribution in [3.05, 3.63) is 0 Å². The fourth-order valence-electron chi connectivity index (χ4n) is 7.71. The lowest BCUT2D eigenvalue weighted by atomic mass is 10.1. The van der Waals surface area contributed by atoms with E-state index in [0.29, 0.717) is 32.1 Å². The van der Waals surface area contributed by atoms with Crippen molar-refractivity contribution < 1.29 is 63.9 Å². The zero-order valence-corrected chi connectivity index (χ0v) is 31.0. The van der Waals surface area contributed by atoms with E-state index in [1.165, 1.54) is 23.6 Å². The summed E-state index contributed by atoms with van der Waals surface area (Å²) in [6, 6.07) is -10.1. The molecule has 21 heteroatoms. The largest absolute Gasteiger partial charge is 0.480 e. The first kappa shape index (κ1) is 43.3. The lowest BCUT2D eigenvalue weighted by Gasteiger charge is -2.34. The maximum absolute atomic E-state index is 13.9. The average Bonchev–Trinajstić information content (AvgIpc) is 3.99. The molecule has 10 atom stereocenters. The summed E-state index contributed by atoms with van der Waals surface area (Å²) < 4.78 is 0. The predicted molar refractivity (Wildman–Crippen MR) is 188 cm³/mol. The number of amides is 7. The Morgan fingerprint density at radius 1 is 0.582 bits per heavy atom. The Bertz CT molecular complexity index is 1480. The Balaban J connectivity index is 1.41. The summed E-state index contributed by atoms with van der Waals surface area (Å²) in [5.41, 5.74) is 5.85. The second kappa shape index (κ2) is 18.9. The van der Waals surface area contributed by atoms with Crippen molar-refractivity contribution in [2.24, 2.45) is 5.73 Å². The van der Waals surface area contributed by atoms with Crippen LogP contribution in [0, 0.1) is 0 Å². The zero-order valence-electron chi connectivity index (χ0n) is 31.0. The number of likely N-dealkylation sites (tertiary alicyclic amines) is 4. The zero-order chi connectivity index (χ0) is 40.7. The number of hydrogen-bond donors (Lipinski definition) is 9. The SMILES string of the molecule is C[C@H](O)[C@H](NC(=O)[C@@H]1CCCN1C(=O)[C@@H]1CCCN1C(=O)[C@@H](N)[C@@H](C)O)C(=O)N1CCC[C@H]1C(=O)N[C@@H](CO)C(=O)N1CCC[C@H]1C(=O)N[C@@H](CO)C(=O)O. The molecule has 0 aromatic heterocycles. The van der Waals surface area contributed by atoms with E-state index in [9.17, 15) is 63.9 Å². The van der Waals surface area contributed by atoms with Gasteiger partial charge >= 0.3 is 5.97 Å². The molecule has 0 spiro atoms. The van der Waals surface area contributed by atoms with E-state index in [4.69, 9.17) is 5.73 Å². The van der Waals surface area contributed by atoms with E-state index in [-0.39, 0.29) is 45.4 Å². The van der Waals surface area contributed by atoms with E-state index < -0.39 is 121 Å². The van der Waals surface area contributed by atoms with Crippen molar-refractivity contribution >= 4 is 47.3 Å². The smallest absolute Gasteiger partial charge is 0.328 e. The molecule has 55 heavy (non-hydrogen) atoms. The lowest BCUT2D eigenvalue weighted by molar-refractivity contribution is -0.149. The van der Waals surface area contributed by atoms with Crippen molar-refractivity contribution in [3.63, 3.8) is 0 Å². The number of rotatable bonds is 15. The third-order valence-corrected chi connectivity index (χ3v) is 10.8. The van der Waals surface area contributed by atoms with Gasteiger partial charge in [-0.05, 0) is 65.2 Å². The van der Waals surface area contributed by atoms with Crippen molar-refractivity contribution in [3.8, 4) is 0 Å². The molecule has 0 aromatic rings. The summed E-state index contributed by atoms with van der Waals surface area (Å²) >= 11 is 0. The van der Waals surface area contributed by atoms with Gasteiger partial charge in [-0.2, -0.15) is 0 Å². The first-order chi connectivity index (χ1) is 26.0. The molecule has 0 aliphatic carbocycles. The van der Waals surface area contributed by atoms with Crippen LogP contribution in [-0.2, 0) is 38.4 Å². The summed E-state index contributed by atoms with van der Waals surface area (Å²) in [7, 11) is 0. The fraction of sp³-hybridized carbons (Fsp3) is 0.765. The Morgan fingerprint density at radius 2 is 0.982 bits per heavy atom. The average molecular weight is 783 g/mol. The summed E-state index contributed by atoms with van der Waals surface area (Å²) in [5, 5.41) is 56.2. The highest BCUT2D eigenvalue weighted by Crippen LogP contribution is 2.27. The van der Waals surface area contributed by atoms with Gasteiger partial charge in [-0.1, -0.05) is 0 Å². The number of aliphatic hydroxyl groups excluding tert-OH is 4. The van der Waals surface area contributed by atoms with Gasteiger partial charge in [0.1, 0.15) is 48.3 Å². The van der Waals surface area contributed by atoms with E-state index in [1.807, 2.05) is 0 Å². The third kappa shape index (κ3) is 9.69. The summed E-state index contributed by atoms with van der Waals surface area (Å²) in [4.78, 5) is 110. The molecule has 0 aromatic carbocycles. The lowest BCUT2D eigenvalue weighted by Crippen LogP contribution is -2.61. The molecule has 7 amide bonds. The van der Waals surface area contributed by atoms with Crippen LogP contribution in [0.4, 0.5) is 0 Å². The highest BCUT2D eigenvalue weighted by atomic mass is 16.4. The minimum atomic E-state index is -1.60. The number of nitrogens with zero attached hydrogens (tertiary/aromatic N) is 4. The Hall–Kier alpha value is -4.44. The number of nitrogens with one attached hydrogen (secondary N) is 3. The summed E-state index contributed by atoms with van der Waals surface area (Å²) in [6.45, 7) is 1.50. The molecule has 0 saturated carbocycles. The monoisotopic (exact) mass is 782 g/mol. The predicted octanol–water partition coefficient (Wildman–Crippen LogP) is -5.44. The molecule has 4 aliphatic heterocycles. The molecule has 21 nitrogen and oxygen atoms in total. The fourth-order valence-corrected chi connectivity index (χ4v) is 7.71. The van der Waals surface area contributed by atoms with Crippen LogP contribution in [0.3, 0.4) is 0 Å². The quantitative estimate of drug-likeness (QED) is 0.0749. The molecular weight excluding hydrogens is 728 g/mol. The van der Waals surface area contributed by atoms with Crippen LogP contribution in [0.5, 0.6) is 0 Å². The highest BCUT2D eigenvalue weighted by Gasteiger charge is 2.46. The Morgan fingerprint density at radius 3 is 1.44 bits per heavy atom. The van der Waals surface area contributed by atoms with Crippen molar-refractivity contribution in [2.75, 3.05) is 39.4 Å². The maximum atomic E-state index is 13.9. The van der Waals surface area contributed by atoms with Gasteiger partial charge in [0.2, 0.25) is 41.4 Å². The molecule has 4 fully saturated rings.